The van der Waals surface area contributed by atoms with Crippen molar-refractivity contribution in [3.05, 3.63) is 0 Å². The molecule has 2 bridgehead atoms. The zero-order chi connectivity index (χ0) is 14.5. The summed E-state index contributed by atoms with van der Waals surface area (Å²) in [5.74, 6) is 0.907. The van der Waals surface area contributed by atoms with Crippen molar-refractivity contribution in [3.8, 4) is 0 Å². The van der Waals surface area contributed by atoms with Gasteiger partial charge in [-0.3, -0.25) is 9.59 Å². The Balaban J connectivity index is 1.65. The molecular formula is C16H26N2O2. The largest absolute Gasteiger partial charge is 0.355 e. The van der Waals surface area contributed by atoms with Crippen LogP contribution in [-0.4, -0.2) is 24.4 Å². The fraction of sp³-hybridized carbons (Fsp3) is 0.875. The van der Waals surface area contributed by atoms with Gasteiger partial charge in [-0.05, 0) is 42.4 Å². The van der Waals surface area contributed by atoms with Gasteiger partial charge in [0.1, 0.15) is 0 Å². The van der Waals surface area contributed by atoms with E-state index in [4.69, 9.17) is 0 Å². The lowest BCUT2D eigenvalue weighted by molar-refractivity contribution is -0.130. The van der Waals surface area contributed by atoms with Gasteiger partial charge in [-0.2, -0.15) is 0 Å². The summed E-state index contributed by atoms with van der Waals surface area (Å²) in [5.41, 5.74) is 0.553. The van der Waals surface area contributed by atoms with Gasteiger partial charge in [0.25, 0.3) is 0 Å². The van der Waals surface area contributed by atoms with Gasteiger partial charge in [0.2, 0.25) is 11.8 Å². The molecule has 1 saturated heterocycles. The molecule has 1 aliphatic heterocycles. The predicted octanol–water partition coefficient (Wildman–Crippen LogP) is 1.84. The lowest BCUT2D eigenvalue weighted by Gasteiger charge is -2.40. The van der Waals surface area contributed by atoms with Gasteiger partial charge in [0.05, 0.1) is 5.92 Å². The number of carbonyl (C=O) groups excluding carboxylic acids is 2. The van der Waals surface area contributed by atoms with E-state index in [9.17, 15) is 9.59 Å². The van der Waals surface area contributed by atoms with Crippen molar-refractivity contribution in [3.63, 3.8) is 0 Å². The van der Waals surface area contributed by atoms with Crippen LogP contribution in [-0.2, 0) is 9.59 Å². The Bertz CT molecular complexity index is 436. The highest BCUT2D eigenvalue weighted by molar-refractivity contribution is 5.84. The first-order chi connectivity index (χ1) is 9.34. The number of nitrogens with one attached hydrogen (secondary N) is 2. The fourth-order valence-corrected chi connectivity index (χ4v) is 4.67. The summed E-state index contributed by atoms with van der Waals surface area (Å²) in [6.07, 6.45) is 4.81. The summed E-state index contributed by atoms with van der Waals surface area (Å²) < 4.78 is 0. The molecule has 3 fully saturated rings. The van der Waals surface area contributed by atoms with Crippen molar-refractivity contribution in [2.75, 3.05) is 6.54 Å². The van der Waals surface area contributed by atoms with Gasteiger partial charge < -0.3 is 10.6 Å². The minimum absolute atomic E-state index is 0.0430. The smallest absolute Gasteiger partial charge is 0.225 e. The van der Waals surface area contributed by atoms with Crippen LogP contribution in [0.1, 0.15) is 52.9 Å². The van der Waals surface area contributed by atoms with Gasteiger partial charge in [-0.25, -0.2) is 0 Å². The SMILES string of the molecule is CC1(C)C2CCC1(C)C(NC(=O)C1CCC(=O)NC1)C2. The molecule has 1 heterocycles. The van der Waals surface area contributed by atoms with Crippen molar-refractivity contribution < 1.29 is 9.59 Å². The second-order valence-electron chi connectivity index (χ2n) is 7.71. The lowest BCUT2D eigenvalue weighted by Crippen LogP contribution is -2.51. The van der Waals surface area contributed by atoms with Gasteiger partial charge in [0, 0.05) is 19.0 Å². The van der Waals surface area contributed by atoms with E-state index < -0.39 is 0 Å². The van der Waals surface area contributed by atoms with Gasteiger partial charge in [-0.1, -0.05) is 20.8 Å². The maximum absolute atomic E-state index is 12.4. The topological polar surface area (TPSA) is 58.2 Å². The molecule has 2 amide bonds. The fourth-order valence-electron chi connectivity index (χ4n) is 4.67. The zero-order valence-electron chi connectivity index (χ0n) is 12.8. The molecule has 0 aromatic rings. The standard InChI is InChI=1S/C16H26N2O2/c1-15(2)11-6-7-16(15,3)12(8-11)18-14(20)10-4-5-13(19)17-9-10/h10-12H,4-9H2,1-3H3,(H,17,19)(H,18,20). The molecule has 4 atom stereocenters. The minimum Gasteiger partial charge on any atom is -0.355 e. The first-order valence-corrected chi connectivity index (χ1v) is 7.91. The van der Waals surface area contributed by atoms with Crippen molar-refractivity contribution in [2.24, 2.45) is 22.7 Å². The van der Waals surface area contributed by atoms with E-state index in [1.165, 1.54) is 12.8 Å². The van der Waals surface area contributed by atoms with E-state index in [1.807, 2.05) is 0 Å². The Morgan fingerprint density at radius 2 is 2.05 bits per heavy atom. The average molecular weight is 278 g/mol. The molecular weight excluding hydrogens is 252 g/mol. The van der Waals surface area contributed by atoms with Crippen LogP contribution < -0.4 is 10.6 Å². The first kappa shape index (κ1) is 13.9. The van der Waals surface area contributed by atoms with Crippen molar-refractivity contribution >= 4 is 11.8 Å². The third kappa shape index (κ3) is 1.87. The maximum atomic E-state index is 12.4. The van der Waals surface area contributed by atoms with Crippen molar-refractivity contribution in [2.45, 2.75) is 58.9 Å². The van der Waals surface area contributed by atoms with Crippen LogP contribution in [0.4, 0.5) is 0 Å². The van der Waals surface area contributed by atoms with Crippen LogP contribution in [0.15, 0.2) is 0 Å². The Kier molecular flexibility index (Phi) is 3.11. The molecule has 2 saturated carbocycles. The van der Waals surface area contributed by atoms with Crippen LogP contribution in [0, 0.1) is 22.7 Å². The van der Waals surface area contributed by atoms with E-state index >= 15 is 0 Å². The number of fused-ring (bicyclic) bond motifs is 2. The molecule has 3 aliphatic rings. The number of hydrogen-bond acceptors (Lipinski definition) is 2. The molecule has 20 heavy (non-hydrogen) atoms. The van der Waals surface area contributed by atoms with Gasteiger partial charge >= 0.3 is 0 Å². The van der Waals surface area contributed by atoms with Gasteiger partial charge in [0.15, 0.2) is 0 Å². The Morgan fingerprint density at radius 3 is 2.55 bits per heavy atom. The lowest BCUT2D eigenvalue weighted by atomic mass is 9.69. The average Bonchev–Trinajstić information content (AvgIpc) is 2.72. The summed E-state index contributed by atoms with van der Waals surface area (Å²) in [7, 11) is 0. The van der Waals surface area contributed by atoms with Crippen molar-refractivity contribution in [1.29, 1.82) is 0 Å². The van der Waals surface area contributed by atoms with Crippen molar-refractivity contribution in [1.82, 2.24) is 10.6 Å². The van der Waals surface area contributed by atoms with Crippen LogP contribution in [0.5, 0.6) is 0 Å². The number of carbonyl (C=O) groups is 2. The molecule has 4 heteroatoms. The van der Waals surface area contributed by atoms with Gasteiger partial charge in [-0.15, -0.1) is 0 Å². The highest BCUT2D eigenvalue weighted by Crippen LogP contribution is 2.65. The summed E-state index contributed by atoms with van der Waals surface area (Å²) >= 11 is 0. The van der Waals surface area contributed by atoms with E-state index in [0.717, 1.165) is 12.3 Å². The van der Waals surface area contributed by atoms with Crippen LogP contribution >= 0.6 is 0 Å². The Morgan fingerprint density at radius 1 is 1.30 bits per heavy atom. The van der Waals surface area contributed by atoms with Crippen LogP contribution in [0.25, 0.3) is 0 Å². The molecule has 0 radical (unpaired) electrons. The number of piperidine rings is 1. The molecule has 3 rings (SSSR count). The zero-order valence-corrected chi connectivity index (χ0v) is 12.8. The molecule has 2 aliphatic carbocycles. The molecule has 0 spiro atoms. The normalized spacial score (nSPS) is 42.4. The first-order valence-electron chi connectivity index (χ1n) is 7.91. The van der Waals surface area contributed by atoms with Crippen LogP contribution in [0.2, 0.25) is 0 Å². The summed E-state index contributed by atoms with van der Waals surface area (Å²) in [6, 6.07) is 0.307. The number of rotatable bonds is 2. The Hall–Kier alpha value is -1.06. The minimum atomic E-state index is -0.0430. The molecule has 2 N–H and O–H groups in total. The highest BCUT2D eigenvalue weighted by Gasteiger charge is 2.61. The quantitative estimate of drug-likeness (QED) is 0.810. The van der Waals surface area contributed by atoms with E-state index in [2.05, 4.69) is 31.4 Å². The van der Waals surface area contributed by atoms with E-state index in [-0.39, 0.29) is 23.1 Å². The third-order valence-corrected chi connectivity index (χ3v) is 6.75. The molecule has 0 aromatic carbocycles. The second-order valence-corrected chi connectivity index (χ2v) is 7.71. The summed E-state index contributed by atoms with van der Waals surface area (Å²) in [4.78, 5) is 23.6. The monoisotopic (exact) mass is 278 g/mol. The number of amides is 2. The molecule has 4 nitrogen and oxygen atoms in total. The number of hydrogen-bond donors (Lipinski definition) is 2. The maximum Gasteiger partial charge on any atom is 0.225 e. The van der Waals surface area contributed by atoms with Crippen LogP contribution in [0.3, 0.4) is 0 Å². The predicted molar refractivity (Wildman–Crippen MR) is 76.9 cm³/mol. The highest BCUT2D eigenvalue weighted by atomic mass is 16.2. The molecule has 4 unspecified atom stereocenters. The molecule has 112 valence electrons. The molecule has 0 aromatic heterocycles. The van der Waals surface area contributed by atoms with E-state index in [0.29, 0.717) is 30.8 Å². The van der Waals surface area contributed by atoms with E-state index in [1.54, 1.807) is 0 Å². The Labute approximate surface area is 121 Å². The third-order valence-electron chi connectivity index (χ3n) is 6.75. The summed E-state index contributed by atoms with van der Waals surface area (Å²) in [5, 5.41) is 6.10. The second kappa shape index (κ2) is 4.47. The summed E-state index contributed by atoms with van der Waals surface area (Å²) in [6.45, 7) is 7.56.